The maximum Gasteiger partial charge on any atom is 0.343 e. The summed E-state index contributed by atoms with van der Waals surface area (Å²) in [5, 5.41) is 9.40. The lowest BCUT2D eigenvalue weighted by molar-refractivity contribution is 0.0693. The van der Waals surface area contributed by atoms with Gasteiger partial charge in [0.25, 0.3) is 5.56 Å². The van der Waals surface area contributed by atoms with E-state index >= 15 is 0 Å². The Hall–Kier alpha value is -1.66. The van der Waals surface area contributed by atoms with Gasteiger partial charge in [-0.3, -0.25) is 4.79 Å². The average molecular weight is 344 g/mol. The van der Waals surface area contributed by atoms with Gasteiger partial charge >= 0.3 is 5.97 Å². The topological polar surface area (TPSA) is 83.0 Å². The number of hydrogen-bond donors (Lipinski definition) is 2. The molecule has 1 aromatic heterocycles. The maximum absolute atomic E-state index is 11.7. The van der Waals surface area contributed by atoms with Crippen molar-refractivity contribution in [1.29, 1.82) is 0 Å². The van der Waals surface area contributed by atoms with Gasteiger partial charge in [0.15, 0.2) is 0 Å². The quantitative estimate of drug-likeness (QED) is 0.878. The van der Waals surface area contributed by atoms with Crippen molar-refractivity contribution in [3.8, 4) is 11.4 Å². The molecule has 1 aromatic carbocycles. The van der Waals surface area contributed by atoms with Crippen molar-refractivity contribution in [3.05, 3.63) is 49.3 Å². The zero-order valence-corrected chi connectivity index (χ0v) is 12.0. The van der Waals surface area contributed by atoms with E-state index in [9.17, 15) is 9.59 Å². The highest BCUT2D eigenvalue weighted by Gasteiger charge is 2.16. The predicted octanol–water partition coefficient (Wildman–Crippen LogP) is 2.86. The number of carbonyl (C=O) groups is 1. The molecule has 19 heavy (non-hydrogen) atoms. The number of carboxylic acid groups (broad SMARTS) is 1. The summed E-state index contributed by atoms with van der Waals surface area (Å²) < 4.78 is 0.697. The van der Waals surface area contributed by atoms with Crippen LogP contribution in [0.4, 0.5) is 0 Å². The van der Waals surface area contributed by atoms with Crippen LogP contribution in [-0.4, -0.2) is 21.0 Å². The summed E-state index contributed by atoms with van der Waals surface area (Å²) in [6, 6.07) is 5.04. The van der Waals surface area contributed by atoms with Crippen LogP contribution < -0.4 is 5.56 Å². The van der Waals surface area contributed by atoms with E-state index in [1.165, 1.54) is 6.92 Å². The fourth-order valence-corrected chi connectivity index (χ4v) is 2.25. The van der Waals surface area contributed by atoms with Crippen molar-refractivity contribution in [2.24, 2.45) is 0 Å². The van der Waals surface area contributed by atoms with E-state index in [2.05, 4.69) is 25.9 Å². The second kappa shape index (κ2) is 5.14. The van der Waals surface area contributed by atoms with Crippen LogP contribution in [0, 0.1) is 6.92 Å². The number of hydrogen-bond acceptors (Lipinski definition) is 3. The number of aromatic amines is 1. The molecule has 0 unspecified atom stereocenters. The smallest absolute Gasteiger partial charge is 0.343 e. The van der Waals surface area contributed by atoms with E-state index in [1.807, 2.05) is 0 Å². The minimum Gasteiger partial charge on any atom is -0.477 e. The van der Waals surface area contributed by atoms with Gasteiger partial charge in [0.05, 0.1) is 5.69 Å². The Morgan fingerprint density at radius 1 is 1.47 bits per heavy atom. The molecule has 2 rings (SSSR count). The molecule has 0 spiro atoms. The van der Waals surface area contributed by atoms with Crippen LogP contribution >= 0.6 is 27.5 Å². The third kappa shape index (κ3) is 2.69. The summed E-state index contributed by atoms with van der Waals surface area (Å²) in [6.45, 7) is 1.47. The molecular formula is C12H8BrClN2O3. The number of carboxylic acids is 1. The number of nitrogens with zero attached hydrogens (tertiary/aromatic N) is 1. The molecule has 0 saturated carbocycles. The normalized spacial score (nSPS) is 10.5. The van der Waals surface area contributed by atoms with Crippen LogP contribution in [0.25, 0.3) is 11.4 Å². The van der Waals surface area contributed by atoms with Crippen LogP contribution in [0.3, 0.4) is 0 Å². The summed E-state index contributed by atoms with van der Waals surface area (Å²) in [4.78, 5) is 29.2. The van der Waals surface area contributed by atoms with Gasteiger partial charge in [-0.25, -0.2) is 9.78 Å². The first-order valence-electron chi connectivity index (χ1n) is 5.20. The zero-order valence-electron chi connectivity index (χ0n) is 9.70. The number of halogens is 2. The monoisotopic (exact) mass is 342 g/mol. The first-order valence-corrected chi connectivity index (χ1v) is 6.37. The molecule has 0 saturated heterocycles. The highest BCUT2D eigenvalue weighted by atomic mass is 79.9. The number of benzene rings is 1. The van der Waals surface area contributed by atoms with Crippen molar-refractivity contribution < 1.29 is 9.90 Å². The molecule has 0 radical (unpaired) electrons. The Kier molecular flexibility index (Phi) is 3.73. The number of nitrogens with one attached hydrogen (secondary N) is 1. The number of aromatic carboxylic acids is 1. The molecular weight excluding hydrogens is 336 g/mol. The Labute approximate surface area is 121 Å². The van der Waals surface area contributed by atoms with Crippen molar-refractivity contribution in [2.45, 2.75) is 6.92 Å². The molecule has 0 aliphatic rings. The molecule has 1 heterocycles. The molecule has 7 heteroatoms. The van der Waals surface area contributed by atoms with Gasteiger partial charge in [-0.15, -0.1) is 0 Å². The average Bonchev–Trinajstić information content (AvgIpc) is 2.30. The molecule has 2 aromatic rings. The summed E-state index contributed by atoms with van der Waals surface area (Å²) >= 11 is 9.22. The zero-order chi connectivity index (χ0) is 14.2. The van der Waals surface area contributed by atoms with Gasteiger partial charge in [-0.2, -0.15) is 0 Å². The minimum atomic E-state index is -1.30. The third-order valence-corrected chi connectivity index (χ3v) is 3.42. The van der Waals surface area contributed by atoms with Crippen molar-refractivity contribution in [3.63, 3.8) is 0 Å². The lowest BCUT2D eigenvalue weighted by atomic mass is 10.2. The molecule has 0 aliphatic heterocycles. The lowest BCUT2D eigenvalue weighted by Gasteiger charge is -2.07. The molecule has 0 aliphatic carbocycles. The predicted molar refractivity (Wildman–Crippen MR) is 74.7 cm³/mol. The highest BCUT2D eigenvalue weighted by molar-refractivity contribution is 9.10. The van der Waals surface area contributed by atoms with Crippen LogP contribution in [0.1, 0.15) is 16.1 Å². The SMILES string of the molecule is Cc1nc(-c2cc(Cl)ccc2Br)[nH]c(=O)c1C(=O)O. The van der Waals surface area contributed by atoms with Crippen molar-refractivity contribution >= 4 is 33.5 Å². The summed E-state index contributed by atoms with van der Waals surface area (Å²) in [6.07, 6.45) is 0. The number of H-pyrrole nitrogens is 1. The largest absolute Gasteiger partial charge is 0.477 e. The highest BCUT2D eigenvalue weighted by Crippen LogP contribution is 2.28. The summed E-state index contributed by atoms with van der Waals surface area (Å²) in [5.41, 5.74) is -0.313. The molecule has 5 nitrogen and oxygen atoms in total. The first kappa shape index (κ1) is 13.8. The van der Waals surface area contributed by atoms with Crippen LogP contribution in [0.2, 0.25) is 5.02 Å². The Balaban J connectivity index is 2.68. The van der Waals surface area contributed by atoms with E-state index in [0.717, 1.165) is 0 Å². The van der Waals surface area contributed by atoms with E-state index in [0.29, 0.717) is 15.1 Å². The molecule has 0 amide bonds. The van der Waals surface area contributed by atoms with Gasteiger partial charge in [-0.1, -0.05) is 27.5 Å². The molecule has 2 N–H and O–H groups in total. The number of aromatic nitrogens is 2. The van der Waals surface area contributed by atoms with E-state index < -0.39 is 11.5 Å². The number of aryl methyl sites for hydroxylation is 1. The lowest BCUT2D eigenvalue weighted by Crippen LogP contribution is -2.21. The fraction of sp³-hybridized carbons (Fsp3) is 0.0833. The molecule has 0 fully saturated rings. The van der Waals surface area contributed by atoms with Crippen LogP contribution in [0.15, 0.2) is 27.5 Å². The van der Waals surface area contributed by atoms with Gasteiger partial charge in [0, 0.05) is 15.1 Å². The summed E-state index contributed by atoms with van der Waals surface area (Å²) in [5.74, 6) is -1.04. The number of rotatable bonds is 2. The van der Waals surface area contributed by atoms with Gasteiger partial charge < -0.3 is 10.1 Å². The minimum absolute atomic E-state index is 0.151. The fourth-order valence-electron chi connectivity index (χ4n) is 1.64. The van der Waals surface area contributed by atoms with Gasteiger partial charge in [0.1, 0.15) is 11.4 Å². The Morgan fingerprint density at radius 2 is 2.16 bits per heavy atom. The van der Waals surface area contributed by atoms with E-state index in [1.54, 1.807) is 18.2 Å². The molecule has 98 valence electrons. The molecule has 0 bridgehead atoms. The molecule has 0 atom stereocenters. The van der Waals surface area contributed by atoms with Crippen molar-refractivity contribution in [1.82, 2.24) is 9.97 Å². The summed E-state index contributed by atoms with van der Waals surface area (Å²) in [7, 11) is 0. The van der Waals surface area contributed by atoms with Crippen LogP contribution in [0.5, 0.6) is 0 Å². The van der Waals surface area contributed by atoms with E-state index in [4.69, 9.17) is 16.7 Å². The standard InChI is InChI=1S/C12H8BrClN2O3/c1-5-9(12(18)19)11(17)16-10(15-5)7-4-6(14)2-3-8(7)13/h2-4H,1H3,(H,18,19)(H,15,16,17). The van der Waals surface area contributed by atoms with Gasteiger partial charge in [0.2, 0.25) is 0 Å². The second-order valence-electron chi connectivity index (χ2n) is 3.80. The Bertz CT molecular complexity index is 727. The Morgan fingerprint density at radius 3 is 2.74 bits per heavy atom. The van der Waals surface area contributed by atoms with E-state index in [-0.39, 0.29) is 17.1 Å². The first-order chi connectivity index (χ1) is 8.90. The van der Waals surface area contributed by atoms with Gasteiger partial charge in [-0.05, 0) is 25.1 Å². The maximum atomic E-state index is 11.7. The second-order valence-corrected chi connectivity index (χ2v) is 5.10. The third-order valence-electron chi connectivity index (χ3n) is 2.50. The van der Waals surface area contributed by atoms with Crippen LogP contribution in [-0.2, 0) is 0 Å². The van der Waals surface area contributed by atoms with Crippen molar-refractivity contribution in [2.75, 3.05) is 0 Å².